The fourth-order valence-electron chi connectivity index (χ4n) is 4.13. The number of rotatable bonds is 6. The van der Waals surface area contributed by atoms with Crippen molar-refractivity contribution in [3.63, 3.8) is 0 Å². The molecule has 0 bridgehead atoms. The molecule has 0 saturated carbocycles. The van der Waals surface area contributed by atoms with E-state index in [1.54, 1.807) is 17.9 Å². The molecule has 1 aliphatic heterocycles. The quantitative estimate of drug-likeness (QED) is 0.424. The van der Waals surface area contributed by atoms with Crippen LogP contribution in [0.3, 0.4) is 0 Å². The molecular weight excluding hydrogens is 462 g/mol. The van der Waals surface area contributed by atoms with E-state index in [1.807, 2.05) is 0 Å². The lowest BCUT2D eigenvalue weighted by atomic mass is 9.80. The molecule has 0 spiro atoms. The third-order valence-electron chi connectivity index (χ3n) is 6.02. The molecule has 1 fully saturated rings. The summed E-state index contributed by atoms with van der Waals surface area (Å²) in [4.78, 5) is 14.5. The van der Waals surface area contributed by atoms with Crippen LogP contribution in [0, 0.1) is 11.8 Å². The highest BCUT2D eigenvalue weighted by Gasteiger charge is 2.53. The van der Waals surface area contributed by atoms with Crippen LogP contribution < -0.4 is 9.62 Å². The highest BCUT2D eigenvalue weighted by molar-refractivity contribution is 7.88. The fourth-order valence-corrected chi connectivity index (χ4v) is 4.54. The van der Waals surface area contributed by atoms with E-state index in [9.17, 15) is 22.1 Å². The van der Waals surface area contributed by atoms with Crippen molar-refractivity contribution in [1.29, 1.82) is 0 Å². The lowest BCUT2D eigenvalue weighted by Crippen LogP contribution is -2.60. The Morgan fingerprint density at radius 1 is 1.24 bits per heavy atom. The van der Waals surface area contributed by atoms with Gasteiger partial charge >= 0.3 is 0 Å². The van der Waals surface area contributed by atoms with Crippen LogP contribution in [0.1, 0.15) is 26.0 Å². The number of anilines is 1. The van der Waals surface area contributed by atoms with E-state index in [0.29, 0.717) is 22.9 Å². The van der Waals surface area contributed by atoms with Gasteiger partial charge in [-0.3, -0.25) is 0 Å². The minimum absolute atomic E-state index is 0.0528. The second-order valence-corrected chi connectivity index (χ2v) is 9.31. The normalized spacial score (nSPS) is 23.9. The molecule has 178 valence electrons. The molecule has 0 aliphatic carbocycles. The molecule has 4 unspecified atom stereocenters. The number of imidazole rings is 1. The molecule has 1 saturated heterocycles. The van der Waals surface area contributed by atoms with E-state index in [1.165, 1.54) is 42.4 Å². The van der Waals surface area contributed by atoms with Crippen molar-refractivity contribution in [3.8, 4) is 11.4 Å². The van der Waals surface area contributed by atoms with E-state index in [-0.39, 0.29) is 13.1 Å². The average molecular weight is 486 g/mol. The number of aromatic nitrogens is 5. The zero-order chi connectivity index (χ0) is 23.9. The van der Waals surface area contributed by atoms with Crippen molar-refractivity contribution in [2.45, 2.75) is 32.2 Å². The van der Waals surface area contributed by atoms with Gasteiger partial charge in [-0.1, -0.05) is 6.92 Å². The molecule has 0 radical (unpaired) electrons. The van der Waals surface area contributed by atoms with Crippen LogP contribution in [0.25, 0.3) is 17.0 Å². The molecule has 4 heterocycles. The van der Waals surface area contributed by atoms with Crippen molar-refractivity contribution >= 4 is 22.8 Å². The van der Waals surface area contributed by atoms with Crippen molar-refractivity contribution in [2.75, 3.05) is 24.2 Å². The first-order chi connectivity index (χ1) is 15.6. The summed E-state index contributed by atoms with van der Waals surface area (Å²) in [6, 6.07) is 3.62. The van der Waals surface area contributed by atoms with Crippen molar-refractivity contribution in [3.05, 3.63) is 36.4 Å². The van der Waals surface area contributed by atoms with Crippen LogP contribution in [-0.2, 0) is 11.4 Å². The number of hydrogen-bond donors (Lipinski definition) is 1. The summed E-state index contributed by atoms with van der Waals surface area (Å²) in [7, 11) is 0. The molecular formula is C20H23F4N7OS. The van der Waals surface area contributed by atoms with Crippen LogP contribution >= 0.6 is 0 Å². The maximum absolute atomic E-state index is 15.0. The number of halogens is 4. The zero-order valence-corrected chi connectivity index (χ0v) is 18.9. The summed E-state index contributed by atoms with van der Waals surface area (Å²) in [5, 5.41) is 3.95. The molecule has 0 amide bonds. The van der Waals surface area contributed by atoms with E-state index in [0.717, 1.165) is 0 Å². The van der Waals surface area contributed by atoms with Crippen LogP contribution in [0.15, 0.2) is 30.7 Å². The Morgan fingerprint density at radius 3 is 2.70 bits per heavy atom. The van der Waals surface area contributed by atoms with Gasteiger partial charge in [0.05, 0.1) is 24.4 Å². The number of piperidine rings is 1. The van der Waals surface area contributed by atoms with Gasteiger partial charge in [0.2, 0.25) is 0 Å². The average Bonchev–Trinajstić information content (AvgIpc) is 3.19. The Labute approximate surface area is 190 Å². The Morgan fingerprint density at radius 2 is 2.00 bits per heavy atom. The highest BCUT2D eigenvalue weighted by atomic mass is 32.2. The van der Waals surface area contributed by atoms with Gasteiger partial charge in [-0.25, -0.2) is 37.0 Å². The Bertz CT molecular complexity index is 1130. The Balaban J connectivity index is 1.69. The molecule has 1 N–H and O–H groups in total. The van der Waals surface area contributed by atoms with Crippen molar-refractivity contribution in [2.24, 2.45) is 11.8 Å². The summed E-state index contributed by atoms with van der Waals surface area (Å²) >= 11 is -1.42. The van der Waals surface area contributed by atoms with Crippen LogP contribution in [0.4, 0.5) is 23.4 Å². The maximum Gasteiger partial charge on any atom is 0.282 e. The van der Waals surface area contributed by atoms with Gasteiger partial charge in [0.15, 0.2) is 5.65 Å². The summed E-state index contributed by atoms with van der Waals surface area (Å²) in [6.07, 6.45) is 1.40. The van der Waals surface area contributed by atoms with Crippen LogP contribution in [0.5, 0.6) is 0 Å². The van der Waals surface area contributed by atoms with Gasteiger partial charge < -0.3 is 9.45 Å². The van der Waals surface area contributed by atoms with Crippen LogP contribution in [-0.4, -0.2) is 60.4 Å². The lowest BCUT2D eigenvalue weighted by Gasteiger charge is -2.47. The molecule has 0 aromatic carbocycles. The third kappa shape index (κ3) is 4.49. The molecule has 3 aromatic rings. The molecule has 1 aliphatic rings. The van der Waals surface area contributed by atoms with E-state index in [2.05, 4.69) is 24.8 Å². The van der Waals surface area contributed by atoms with E-state index < -0.39 is 47.3 Å². The topological polar surface area (TPSA) is 94.3 Å². The Kier molecular flexibility index (Phi) is 6.47. The summed E-state index contributed by atoms with van der Waals surface area (Å²) in [5.74, 6) is -4.63. The van der Waals surface area contributed by atoms with Gasteiger partial charge in [-0.2, -0.15) is 5.10 Å². The van der Waals surface area contributed by atoms with Gasteiger partial charge in [0, 0.05) is 35.9 Å². The van der Waals surface area contributed by atoms with E-state index in [4.69, 9.17) is 0 Å². The molecule has 3 aromatic heterocycles. The number of alkyl halides is 4. The predicted octanol–water partition coefficient (Wildman–Crippen LogP) is 3.10. The predicted molar refractivity (Wildman–Crippen MR) is 115 cm³/mol. The highest BCUT2D eigenvalue weighted by Crippen LogP contribution is 2.42. The Hall–Kier alpha value is -2.51. The molecule has 13 heteroatoms. The smallest absolute Gasteiger partial charge is 0.282 e. The molecule has 33 heavy (non-hydrogen) atoms. The minimum Gasteiger partial charge on any atom is -0.598 e. The minimum atomic E-state index is -2.96. The summed E-state index contributed by atoms with van der Waals surface area (Å²) in [5.41, 5.74) is 0.708. The first kappa shape index (κ1) is 23.6. The third-order valence-corrected chi connectivity index (χ3v) is 6.59. The number of nitrogens with one attached hydrogen (secondary N) is 1. The zero-order valence-electron chi connectivity index (χ0n) is 18.1. The summed E-state index contributed by atoms with van der Waals surface area (Å²) in [6.45, 7) is 3.08. The first-order valence-electron chi connectivity index (χ1n) is 10.3. The van der Waals surface area contributed by atoms with Gasteiger partial charge in [0.1, 0.15) is 29.8 Å². The standard InChI is InChI=1S/C20H23F4N7OS/c1-11-9-30(12(2)13(20(11,23)24)7-28-33(3)32)18-6-15(26-10-27-18)16-8-25-17-5-4-14(19(21)22)29-31(16)17/h4-6,8,10-13,19,28H,7,9H2,1-3H3. The number of fused-ring (bicyclic) bond motifs is 1. The van der Waals surface area contributed by atoms with E-state index >= 15 is 0 Å². The summed E-state index contributed by atoms with van der Waals surface area (Å²) < 4.78 is 71.5. The first-order valence-corrected chi connectivity index (χ1v) is 11.8. The molecule has 8 nitrogen and oxygen atoms in total. The molecule has 4 rings (SSSR count). The van der Waals surface area contributed by atoms with Crippen molar-refractivity contribution < 1.29 is 22.1 Å². The largest absolute Gasteiger partial charge is 0.598 e. The van der Waals surface area contributed by atoms with Gasteiger partial charge in [-0.15, -0.1) is 4.72 Å². The van der Waals surface area contributed by atoms with Crippen molar-refractivity contribution in [1.82, 2.24) is 29.3 Å². The number of hydrogen-bond acceptors (Lipinski definition) is 7. The van der Waals surface area contributed by atoms with Gasteiger partial charge in [-0.05, 0) is 19.1 Å². The second kappa shape index (κ2) is 9.03. The second-order valence-electron chi connectivity index (χ2n) is 8.11. The SMILES string of the molecule is CC1C(CN[S+](C)[O-])C(F)(F)C(C)CN1c1cc(-c2cnc3ccc(C(F)F)nn23)ncn1. The lowest BCUT2D eigenvalue weighted by molar-refractivity contribution is -0.120. The number of nitrogens with zero attached hydrogens (tertiary/aromatic N) is 6. The maximum atomic E-state index is 15.0. The van der Waals surface area contributed by atoms with Gasteiger partial charge in [0.25, 0.3) is 12.3 Å². The van der Waals surface area contributed by atoms with Crippen LogP contribution in [0.2, 0.25) is 0 Å². The monoisotopic (exact) mass is 485 g/mol. The molecule has 4 atom stereocenters. The fraction of sp³-hybridized carbons (Fsp3) is 0.500.